The van der Waals surface area contributed by atoms with Crippen molar-refractivity contribution in [1.29, 1.82) is 0 Å². The zero-order chi connectivity index (χ0) is 19.7. The van der Waals surface area contributed by atoms with Crippen molar-refractivity contribution in [2.45, 2.75) is 20.4 Å². The summed E-state index contributed by atoms with van der Waals surface area (Å²) < 4.78 is 34.8. The molecule has 5 nitrogen and oxygen atoms in total. The Morgan fingerprint density at radius 1 is 1.04 bits per heavy atom. The van der Waals surface area contributed by atoms with Crippen LogP contribution in [0.1, 0.15) is 13.8 Å². The van der Waals surface area contributed by atoms with Crippen LogP contribution in [0.5, 0.6) is 0 Å². The van der Waals surface area contributed by atoms with Crippen LogP contribution in [0, 0.1) is 17.6 Å². The Balaban J connectivity index is 1.80. The second kappa shape index (κ2) is 7.34. The molecule has 0 spiro atoms. The van der Waals surface area contributed by atoms with Gasteiger partial charge in [-0.2, -0.15) is 10.1 Å². The molecule has 0 unspecified atom stereocenters. The summed E-state index contributed by atoms with van der Waals surface area (Å²) in [6, 6.07) is 12.8. The summed E-state index contributed by atoms with van der Waals surface area (Å²) in [5, 5.41) is 8.51. The number of rotatable bonds is 5. The predicted molar refractivity (Wildman–Crippen MR) is 101 cm³/mol. The highest BCUT2D eigenvalue weighted by molar-refractivity contribution is 5.77. The van der Waals surface area contributed by atoms with Gasteiger partial charge in [-0.05, 0) is 24.1 Å². The second-order valence-electron chi connectivity index (χ2n) is 6.92. The normalized spacial score (nSPS) is 11.3. The smallest absolute Gasteiger partial charge is 0.262 e. The molecule has 0 amide bonds. The first-order valence-corrected chi connectivity index (χ1v) is 8.93. The summed E-state index contributed by atoms with van der Waals surface area (Å²) in [6.45, 7) is 4.92. The summed E-state index contributed by atoms with van der Waals surface area (Å²) in [5.41, 5.74) is 2.18. The van der Waals surface area contributed by atoms with Gasteiger partial charge in [0.2, 0.25) is 5.82 Å². The molecule has 0 radical (unpaired) electrons. The second-order valence-corrected chi connectivity index (χ2v) is 6.92. The summed E-state index contributed by atoms with van der Waals surface area (Å²) in [4.78, 5) is 4.29. The molecule has 0 saturated heterocycles. The van der Waals surface area contributed by atoms with Gasteiger partial charge in [-0.15, -0.1) is 0 Å². The van der Waals surface area contributed by atoms with Crippen LogP contribution >= 0.6 is 0 Å². The van der Waals surface area contributed by atoms with Crippen molar-refractivity contribution >= 4 is 0 Å². The molecule has 4 rings (SSSR count). The van der Waals surface area contributed by atoms with Gasteiger partial charge in [0, 0.05) is 18.3 Å². The first-order chi connectivity index (χ1) is 13.5. The summed E-state index contributed by atoms with van der Waals surface area (Å²) >= 11 is 0. The number of halogens is 2. The zero-order valence-electron chi connectivity index (χ0n) is 15.4. The number of nitrogens with zero attached hydrogens (tertiary/aromatic N) is 4. The lowest BCUT2D eigenvalue weighted by Gasteiger charge is -2.03. The van der Waals surface area contributed by atoms with E-state index in [1.165, 1.54) is 0 Å². The Kier molecular flexibility index (Phi) is 4.73. The van der Waals surface area contributed by atoms with E-state index in [1.54, 1.807) is 0 Å². The van der Waals surface area contributed by atoms with E-state index in [-0.39, 0.29) is 17.3 Å². The molecule has 0 bridgehead atoms. The van der Waals surface area contributed by atoms with Gasteiger partial charge in [-0.25, -0.2) is 8.78 Å². The van der Waals surface area contributed by atoms with Crippen LogP contribution in [-0.4, -0.2) is 19.9 Å². The average Bonchev–Trinajstić information content (AvgIpc) is 3.31. The lowest BCUT2D eigenvalue weighted by atomic mass is 10.1. The first-order valence-electron chi connectivity index (χ1n) is 8.93. The van der Waals surface area contributed by atoms with E-state index in [0.717, 1.165) is 30.3 Å². The number of benzene rings is 2. The molecule has 2 aromatic heterocycles. The van der Waals surface area contributed by atoms with Crippen LogP contribution in [-0.2, 0) is 6.54 Å². The summed E-state index contributed by atoms with van der Waals surface area (Å²) in [6.07, 6.45) is 1.83. The highest BCUT2D eigenvalue weighted by atomic mass is 19.1. The first kappa shape index (κ1) is 18.0. The molecular formula is C21H18F2N4O. The Labute approximate surface area is 160 Å². The van der Waals surface area contributed by atoms with Crippen molar-refractivity contribution < 1.29 is 13.3 Å². The van der Waals surface area contributed by atoms with Crippen LogP contribution in [0.25, 0.3) is 34.1 Å². The topological polar surface area (TPSA) is 56.7 Å². The molecule has 7 heteroatoms. The minimum atomic E-state index is -0.618. The molecule has 0 aliphatic heterocycles. The van der Waals surface area contributed by atoms with Crippen molar-refractivity contribution in [1.82, 2.24) is 19.9 Å². The molecule has 0 saturated carbocycles. The van der Waals surface area contributed by atoms with Crippen LogP contribution in [0.3, 0.4) is 0 Å². The maximum Gasteiger partial charge on any atom is 0.262 e. The highest BCUT2D eigenvalue weighted by Gasteiger charge is 2.21. The number of hydrogen-bond acceptors (Lipinski definition) is 4. The van der Waals surface area contributed by atoms with E-state index in [9.17, 15) is 8.78 Å². The number of hydrogen-bond donors (Lipinski definition) is 0. The Bertz CT molecular complexity index is 1100. The fourth-order valence-electron chi connectivity index (χ4n) is 2.97. The van der Waals surface area contributed by atoms with Crippen LogP contribution < -0.4 is 0 Å². The van der Waals surface area contributed by atoms with Crippen molar-refractivity contribution in [3.05, 3.63) is 66.4 Å². The molecule has 0 fully saturated rings. The molecule has 2 aromatic carbocycles. The summed E-state index contributed by atoms with van der Waals surface area (Å²) in [7, 11) is 0. The van der Waals surface area contributed by atoms with E-state index < -0.39 is 11.6 Å². The van der Waals surface area contributed by atoms with E-state index in [0.29, 0.717) is 17.2 Å². The minimum Gasteiger partial charge on any atom is -0.333 e. The molecular weight excluding hydrogens is 362 g/mol. The molecule has 0 atom stereocenters. The molecule has 4 aromatic rings. The van der Waals surface area contributed by atoms with Crippen molar-refractivity contribution in [3.63, 3.8) is 0 Å². The minimum absolute atomic E-state index is 0.0115. The molecule has 2 heterocycles. The third-order valence-corrected chi connectivity index (χ3v) is 4.19. The quantitative estimate of drug-likeness (QED) is 0.477. The van der Waals surface area contributed by atoms with Crippen LogP contribution in [0.2, 0.25) is 0 Å². The Morgan fingerprint density at radius 2 is 1.82 bits per heavy atom. The number of aromatic nitrogens is 4. The standard InChI is InChI=1S/C21H18F2N4O/c1-13(2)11-27-12-17(19(25-27)14-6-4-3-5-7-14)21-24-20(26-28-21)16-10-15(22)8-9-18(16)23/h3-10,12-13H,11H2,1-2H3. The zero-order valence-corrected chi connectivity index (χ0v) is 15.4. The van der Waals surface area contributed by atoms with Gasteiger partial charge in [0.05, 0.1) is 11.1 Å². The van der Waals surface area contributed by atoms with E-state index >= 15 is 0 Å². The van der Waals surface area contributed by atoms with Gasteiger partial charge >= 0.3 is 0 Å². The highest BCUT2D eigenvalue weighted by Crippen LogP contribution is 2.32. The van der Waals surface area contributed by atoms with Gasteiger partial charge in [0.1, 0.15) is 17.3 Å². The maximum atomic E-state index is 14.1. The van der Waals surface area contributed by atoms with Gasteiger partial charge in [-0.3, -0.25) is 4.68 Å². The van der Waals surface area contributed by atoms with E-state index in [2.05, 4.69) is 29.1 Å². The van der Waals surface area contributed by atoms with Crippen molar-refractivity contribution in [2.75, 3.05) is 0 Å². The van der Waals surface area contributed by atoms with Gasteiger partial charge in [-0.1, -0.05) is 49.3 Å². The van der Waals surface area contributed by atoms with Gasteiger partial charge in [0.25, 0.3) is 5.89 Å². The molecule has 0 N–H and O–H groups in total. The molecule has 28 heavy (non-hydrogen) atoms. The molecule has 0 aliphatic rings. The maximum absolute atomic E-state index is 14.1. The fraction of sp³-hybridized carbons (Fsp3) is 0.190. The monoisotopic (exact) mass is 380 g/mol. The van der Waals surface area contributed by atoms with Crippen molar-refractivity contribution in [2.24, 2.45) is 5.92 Å². The third-order valence-electron chi connectivity index (χ3n) is 4.19. The van der Waals surface area contributed by atoms with Gasteiger partial charge in [0.15, 0.2) is 0 Å². The van der Waals surface area contributed by atoms with Crippen LogP contribution in [0.15, 0.2) is 59.3 Å². The molecule has 0 aliphatic carbocycles. The lowest BCUT2D eigenvalue weighted by molar-refractivity contribution is 0.431. The lowest BCUT2D eigenvalue weighted by Crippen LogP contribution is -2.04. The van der Waals surface area contributed by atoms with Crippen molar-refractivity contribution in [3.8, 4) is 34.1 Å². The average molecular weight is 380 g/mol. The Hall–Kier alpha value is -3.35. The third kappa shape index (κ3) is 3.55. The van der Waals surface area contributed by atoms with E-state index in [1.807, 2.05) is 41.2 Å². The Morgan fingerprint density at radius 3 is 2.57 bits per heavy atom. The van der Waals surface area contributed by atoms with Crippen LogP contribution in [0.4, 0.5) is 8.78 Å². The SMILES string of the molecule is CC(C)Cn1cc(-c2nc(-c3cc(F)ccc3F)no2)c(-c2ccccc2)n1. The fourth-order valence-corrected chi connectivity index (χ4v) is 2.97. The predicted octanol–water partition coefficient (Wildman–Crippen LogP) is 5.20. The summed E-state index contributed by atoms with van der Waals surface area (Å²) in [5.74, 6) is -0.601. The van der Waals surface area contributed by atoms with E-state index in [4.69, 9.17) is 4.52 Å². The largest absolute Gasteiger partial charge is 0.333 e. The molecule has 142 valence electrons. The van der Waals surface area contributed by atoms with Gasteiger partial charge < -0.3 is 4.52 Å².